The summed E-state index contributed by atoms with van der Waals surface area (Å²) in [5, 5.41) is 3.68. The van der Waals surface area contributed by atoms with Gasteiger partial charge in [-0.05, 0) is 56.6 Å². The summed E-state index contributed by atoms with van der Waals surface area (Å²) in [6.45, 7) is 7.77. The van der Waals surface area contributed by atoms with Crippen LogP contribution in [0.2, 0.25) is 0 Å². The third-order valence-corrected chi connectivity index (χ3v) is 5.42. The molecule has 0 bridgehead atoms. The molecule has 0 amide bonds. The highest BCUT2D eigenvalue weighted by atomic mass is 32.2. The van der Waals surface area contributed by atoms with Gasteiger partial charge in [0.25, 0.3) is 0 Å². The number of hydrogen-bond acceptors (Lipinski definition) is 2. The first-order valence-electron chi connectivity index (χ1n) is 6.42. The van der Waals surface area contributed by atoms with E-state index < -0.39 is 0 Å². The Kier molecular flexibility index (Phi) is 3.84. The van der Waals surface area contributed by atoms with Crippen molar-refractivity contribution in [2.75, 3.05) is 12.8 Å². The lowest BCUT2D eigenvalue weighted by Gasteiger charge is -2.19. The van der Waals surface area contributed by atoms with Gasteiger partial charge in [0.2, 0.25) is 0 Å². The van der Waals surface area contributed by atoms with E-state index in [9.17, 15) is 0 Å². The summed E-state index contributed by atoms with van der Waals surface area (Å²) in [7, 11) is 0. The molecule has 0 saturated heterocycles. The lowest BCUT2D eigenvalue weighted by atomic mass is 10.0. The Morgan fingerprint density at radius 3 is 2.53 bits per heavy atom. The summed E-state index contributed by atoms with van der Waals surface area (Å²) in [4.78, 5) is 0. The molecule has 2 heteroatoms. The van der Waals surface area contributed by atoms with E-state index in [1.165, 1.54) is 29.5 Å². The van der Waals surface area contributed by atoms with E-state index >= 15 is 0 Å². The van der Waals surface area contributed by atoms with Gasteiger partial charge in [0.05, 0.1) is 0 Å². The molecule has 1 N–H and O–H groups in total. The largest absolute Gasteiger partial charge is 0.309 e. The number of nitrogens with one attached hydrogen (secondary N) is 1. The van der Waals surface area contributed by atoms with E-state index in [4.69, 9.17) is 0 Å². The van der Waals surface area contributed by atoms with Crippen LogP contribution in [0.25, 0.3) is 0 Å². The van der Waals surface area contributed by atoms with Crippen molar-refractivity contribution >= 4 is 11.8 Å². The van der Waals surface area contributed by atoms with Gasteiger partial charge in [0.15, 0.2) is 0 Å². The maximum Gasteiger partial charge on any atom is 0.0292 e. The molecule has 1 unspecified atom stereocenters. The van der Waals surface area contributed by atoms with E-state index in [-0.39, 0.29) is 0 Å². The maximum atomic E-state index is 3.68. The quantitative estimate of drug-likeness (QED) is 0.850. The van der Waals surface area contributed by atoms with Crippen LogP contribution in [0.15, 0.2) is 18.2 Å². The first-order chi connectivity index (χ1) is 8.06. The molecule has 0 aromatic heterocycles. The van der Waals surface area contributed by atoms with Gasteiger partial charge in [-0.2, -0.15) is 11.8 Å². The third-order valence-electron chi connectivity index (χ3n) is 4.00. The number of hydrogen-bond donors (Lipinski definition) is 1. The molecule has 2 rings (SSSR count). The van der Waals surface area contributed by atoms with E-state index in [1.807, 2.05) is 11.8 Å². The Morgan fingerprint density at radius 1 is 1.29 bits per heavy atom. The summed E-state index contributed by atoms with van der Waals surface area (Å²) >= 11 is 2.02. The fourth-order valence-corrected chi connectivity index (χ4v) is 2.82. The van der Waals surface area contributed by atoms with Crippen molar-refractivity contribution in [3.05, 3.63) is 34.9 Å². The van der Waals surface area contributed by atoms with Crippen molar-refractivity contribution in [3.63, 3.8) is 0 Å². The minimum Gasteiger partial charge on any atom is -0.309 e. The Morgan fingerprint density at radius 2 is 2.00 bits per heavy atom. The SMILES string of the molecule is CSC1(CNC(C)c2ccc(C)c(C)c2)CC1. The van der Waals surface area contributed by atoms with Crippen LogP contribution in [0, 0.1) is 13.8 Å². The number of rotatable bonds is 5. The molecule has 1 atom stereocenters. The molecule has 1 saturated carbocycles. The summed E-state index contributed by atoms with van der Waals surface area (Å²) in [5.41, 5.74) is 4.18. The highest BCUT2D eigenvalue weighted by Gasteiger charge is 2.41. The number of thioether (sulfide) groups is 1. The van der Waals surface area contributed by atoms with Gasteiger partial charge in [-0.25, -0.2) is 0 Å². The zero-order valence-corrected chi connectivity index (χ0v) is 12.2. The fraction of sp³-hybridized carbons (Fsp3) is 0.600. The second-order valence-electron chi connectivity index (χ2n) is 5.33. The molecule has 17 heavy (non-hydrogen) atoms. The van der Waals surface area contributed by atoms with Gasteiger partial charge < -0.3 is 5.32 Å². The van der Waals surface area contributed by atoms with Crippen molar-refractivity contribution in [2.45, 2.75) is 44.4 Å². The molecule has 1 nitrogen and oxygen atoms in total. The van der Waals surface area contributed by atoms with E-state index in [1.54, 1.807) is 0 Å². The molecule has 0 aliphatic heterocycles. The van der Waals surface area contributed by atoms with Crippen LogP contribution in [0.3, 0.4) is 0 Å². The molecule has 0 heterocycles. The lowest BCUT2D eigenvalue weighted by molar-refractivity contribution is 0.563. The van der Waals surface area contributed by atoms with Crippen LogP contribution < -0.4 is 5.32 Å². The number of benzene rings is 1. The van der Waals surface area contributed by atoms with E-state index in [0.717, 1.165) is 6.54 Å². The van der Waals surface area contributed by atoms with Gasteiger partial charge >= 0.3 is 0 Å². The lowest BCUT2D eigenvalue weighted by Crippen LogP contribution is -2.28. The van der Waals surface area contributed by atoms with Crippen LogP contribution >= 0.6 is 11.8 Å². The molecule has 1 aromatic rings. The fourth-order valence-electron chi connectivity index (χ4n) is 2.08. The van der Waals surface area contributed by atoms with Crippen molar-refractivity contribution in [1.82, 2.24) is 5.32 Å². The predicted molar refractivity (Wildman–Crippen MR) is 77.8 cm³/mol. The predicted octanol–water partition coefficient (Wildman–Crippen LogP) is 3.85. The van der Waals surface area contributed by atoms with Gasteiger partial charge in [-0.15, -0.1) is 0 Å². The summed E-state index contributed by atoms with van der Waals surface area (Å²) < 4.78 is 0.550. The standard InChI is InChI=1S/C15H23NS/c1-11-5-6-14(9-12(11)2)13(3)16-10-15(17-4)7-8-15/h5-6,9,13,16H,7-8,10H2,1-4H3. The molecule has 1 aromatic carbocycles. The molecule has 94 valence electrons. The average Bonchev–Trinajstić information content (AvgIpc) is 3.10. The summed E-state index contributed by atoms with van der Waals surface area (Å²) in [6.07, 6.45) is 4.98. The zero-order valence-electron chi connectivity index (χ0n) is 11.3. The first kappa shape index (κ1) is 13.0. The van der Waals surface area contributed by atoms with Crippen LogP contribution in [0.1, 0.15) is 42.5 Å². The summed E-state index contributed by atoms with van der Waals surface area (Å²) in [6, 6.07) is 7.24. The maximum absolute atomic E-state index is 3.68. The van der Waals surface area contributed by atoms with Crippen LogP contribution in [0.4, 0.5) is 0 Å². The van der Waals surface area contributed by atoms with Crippen LogP contribution in [-0.2, 0) is 0 Å². The topological polar surface area (TPSA) is 12.0 Å². The third kappa shape index (κ3) is 3.05. The van der Waals surface area contributed by atoms with Crippen LogP contribution in [-0.4, -0.2) is 17.5 Å². The second-order valence-corrected chi connectivity index (χ2v) is 6.61. The van der Waals surface area contributed by atoms with Gasteiger partial charge in [0.1, 0.15) is 0 Å². The summed E-state index contributed by atoms with van der Waals surface area (Å²) in [5.74, 6) is 0. The Hall–Kier alpha value is -0.470. The van der Waals surface area contributed by atoms with Gasteiger partial charge in [-0.3, -0.25) is 0 Å². The monoisotopic (exact) mass is 249 g/mol. The Labute approximate surface area is 109 Å². The molecule has 0 spiro atoms. The first-order valence-corrected chi connectivity index (χ1v) is 7.64. The normalized spacial score (nSPS) is 19.1. The van der Waals surface area contributed by atoms with E-state index in [2.05, 4.69) is 50.5 Å². The number of aryl methyl sites for hydroxylation is 2. The Bertz CT molecular complexity index is 396. The van der Waals surface area contributed by atoms with Crippen molar-refractivity contribution in [2.24, 2.45) is 0 Å². The second kappa shape index (κ2) is 5.03. The molecule has 1 aliphatic carbocycles. The van der Waals surface area contributed by atoms with Crippen molar-refractivity contribution in [1.29, 1.82) is 0 Å². The van der Waals surface area contributed by atoms with Crippen molar-refractivity contribution < 1.29 is 0 Å². The van der Waals surface area contributed by atoms with Gasteiger partial charge in [-0.1, -0.05) is 18.2 Å². The molecule has 1 fully saturated rings. The average molecular weight is 249 g/mol. The van der Waals surface area contributed by atoms with E-state index in [0.29, 0.717) is 10.8 Å². The minimum atomic E-state index is 0.457. The van der Waals surface area contributed by atoms with Gasteiger partial charge in [0, 0.05) is 17.3 Å². The highest BCUT2D eigenvalue weighted by Crippen LogP contribution is 2.46. The molecular formula is C15H23NS. The zero-order chi connectivity index (χ0) is 12.5. The molecular weight excluding hydrogens is 226 g/mol. The smallest absolute Gasteiger partial charge is 0.0292 e. The Balaban J connectivity index is 1.95. The van der Waals surface area contributed by atoms with Crippen LogP contribution in [0.5, 0.6) is 0 Å². The minimum absolute atomic E-state index is 0.457. The molecule has 0 radical (unpaired) electrons. The van der Waals surface area contributed by atoms with Crippen molar-refractivity contribution in [3.8, 4) is 0 Å². The highest BCUT2D eigenvalue weighted by molar-refractivity contribution is 8.00. The molecule has 1 aliphatic rings.